The summed E-state index contributed by atoms with van der Waals surface area (Å²) in [6.45, 7) is 6.44. The van der Waals surface area contributed by atoms with E-state index in [1.54, 1.807) is 0 Å². The zero-order chi connectivity index (χ0) is 9.90. The summed E-state index contributed by atoms with van der Waals surface area (Å²) in [5.41, 5.74) is 5.36. The van der Waals surface area contributed by atoms with Crippen molar-refractivity contribution in [2.24, 2.45) is 5.73 Å². The molecule has 0 aromatic carbocycles. The summed E-state index contributed by atoms with van der Waals surface area (Å²) < 4.78 is 5.15. The van der Waals surface area contributed by atoms with Crippen LogP contribution in [0.15, 0.2) is 0 Å². The molecule has 0 aliphatic carbocycles. The van der Waals surface area contributed by atoms with Crippen LogP contribution in [0.4, 0.5) is 0 Å². The summed E-state index contributed by atoms with van der Waals surface area (Å²) in [5.74, 6) is 0.135. The van der Waals surface area contributed by atoms with Crippen LogP contribution in [0.1, 0.15) is 20.3 Å². The van der Waals surface area contributed by atoms with Gasteiger partial charge in [0, 0.05) is 25.0 Å². The lowest BCUT2D eigenvalue weighted by Gasteiger charge is -2.29. The Morgan fingerprint density at radius 2 is 1.93 bits per heavy atom. The number of rotatable bonds is 2. The minimum absolute atomic E-state index is 0. The molecule has 84 valence electrons. The number of nitrogens with two attached hydrogens (primary N) is 1. The van der Waals surface area contributed by atoms with Crippen molar-refractivity contribution in [1.29, 1.82) is 0 Å². The molecule has 0 saturated carbocycles. The van der Waals surface area contributed by atoms with E-state index in [1.807, 2.05) is 18.7 Å². The van der Waals surface area contributed by atoms with Crippen molar-refractivity contribution in [3.8, 4) is 0 Å². The van der Waals surface area contributed by atoms with E-state index in [0.717, 1.165) is 0 Å². The predicted octanol–water partition coefficient (Wildman–Crippen LogP) is 0.394. The van der Waals surface area contributed by atoms with E-state index in [1.165, 1.54) is 0 Å². The van der Waals surface area contributed by atoms with Gasteiger partial charge in [0.05, 0.1) is 13.2 Å². The van der Waals surface area contributed by atoms with Crippen molar-refractivity contribution < 1.29 is 9.53 Å². The van der Waals surface area contributed by atoms with Gasteiger partial charge in [-0.3, -0.25) is 4.79 Å². The maximum Gasteiger partial charge on any atom is 0.224 e. The van der Waals surface area contributed by atoms with Crippen LogP contribution in [0, 0.1) is 0 Å². The molecule has 1 fully saturated rings. The second kappa shape index (κ2) is 5.53. The Labute approximate surface area is 91.2 Å². The summed E-state index contributed by atoms with van der Waals surface area (Å²) in [7, 11) is 0. The lowest BCUT2D eigenvalue weighted by atomic mass is 10.0. The van der Waals surface area contributed by atoms with E-state index >= 15 is 0 Å². The number of carbonyl (C=O) groups excluding carboxylic acids is 1. The van der Waals surface area contributed by atoms with E-state index in [-0.39, 0.29) is 18.3 Å². The molecule has 5 heteroatoms. The SMILES string of the molecule is CC(C)(N)CC(=O)N1CCOCC1.Cl. The third-order valence-electron chi connectivity index (χ3n) is 1.97. The van der Waals surface area contributed by atoms with Crippen LogP contribution in [0.5, 0.6) is 0 Å². The van der Waals surface area contributed by atoms with Crippen LogP contribution in [0.2, 0.25) is 0 Å². The summed E-state index contributed by atoms with van der Waals surface area (Å²) in [6.07, 6.45) is 0.410. The van der Waals surface area contributed by atoms with Crippen LogP contribution >= 0.6 is 12.4 Å². The van der Waals surface area contributed by atoms with E-state index in [2.05, 4.69) is 0 Å². The minimum atomic E-state index is -0.407. The first-order chi connectivity index (χ1) is 5.99. The summed E-state index contributed by atoms with van der Waals surface area (Å²) in [5, 5.41) is 0. The molecule has 1 aliphatic rings. The Bertz CT molecular complexity index is 186. The van der Waals surface area contributed by atoms with Gasteiger partial charge in [0.2, 0.25) is 5.91 Å². The number of amides is 1. The van der Waals surface area contributed by atoms with Crippen molar-refractivity contribution in [3.63, 3.8) is 0 Å². The van der Waals surface area contributed by atoms with Gasteiger partial charge in [-0.2, -0.15) is 0 Å². The maximum atomic E-state index is 11.6. The molecule has 0 radical (unpaired) electrons. The molecule has 1 heterocycles. The molecule has 0 atom stereocenters. The maximum absolute atomic E-state index is 11.6. The number of hydrogen-bond donors (Lipinski definition) is 1. The molecule has 1 aliphatic heterocycles. The van der Waals surface area contributed by atoms with Crippen molar-refractivity contribution in [2.45, 2.75) is 25.8 Å². The number of nitrogens with zero attached hydrogens (tertiary/aromatic N) is 1. The van der Waals surface area contributed by atoms with Gasteiger partial charge in [-0.1, -0.05) is 0 Å². The summed E-state index contributed by atoms with van der Waals surface area (Å²) in [6, 6.07) is 0. The molecule has 0 bridgehead atoms. The van der Waals surface area contributed by atoms with Gasteiger partial charge >= 0.3 is 0 Å². The Hall–Kier alpha value is -0.320. The lowest BCUT2D eigenvalue weighted by Crippen LogP contribution is -2.45. The zero-order valence-electron chi connectivity index (χ0n) is 8.78. The highest BCUT2D eigenvalue weighted by Gasteiger charge is 2.22. The van der Waals surface area contributed by atoms with Gasteiger partial charge < -0.3 is 15.4 Å². The number of halogens is 1. The van der Waals surface area contributed by atoms with Crippen LogP contribution in [-0.4, -0.2) is 42.6 Å². The van der Waals surface area contributed by atoms with E-state index < -0.39 is 5.54 Å². The fourth-order valence-corrected chi connectivity index (χ4v) is 1.31. The molecule has 1 rings (SSSR count). The predicted molar refractivity (Wildman–Crippen MR) is 57.5 cm³/mol. The molecule has 1 amide bonds. The average Bonchev–Trinajstić information content (AvgIpc) is 2.03. The molecular weight excluding hydrogens is 204 g/mol. The third-order valence-corrected chi connectivity index (χ3v) is 1.97. The van der Waals surface area contributed by atoms with Gasteiger partial charge in [0.15, 0.2) is 0 Å². The second-order valence-corrected chi connectivity index (χ2v) is 4.16. The molecule has 14 heavy (non-hydrogen) atoms. The topological polar surface area (TPSA) is 55.6 Å². The van der Waals surface area contributed by atoms with Gasteiger partial charge in [0.25, 0.3) is 0 Å². The molecule has 1 saturated heterocycles. The van der Waals surface area contributed by atoms with Crippen molar-refractivity contribution in [2.75, 3.05) is 26.3 Å². The molecular formula is C9H19ClN2O2. The number of carbonyl (C=O) groups is 1. The number of hydrogen-bond acceptors (Lipinski definition) is 3. The molecule has 0 aromatic rings. The van der Waals surface area contributed by atoms with Gasteiger partial charge in [-0.05, 0) is 13.8 Å². The van der Waals surface area contributed by atoms with Crippen molar-refractivity contribution in [3.05, 3.63) is 0 Å². The molecule has 0 aromatic heterocycles. The highest BCUT2D eigenvalue weighted by molar-refractivity contribution is 5.85. The van der Waals surface area contributed by atoms with Gasteiger partial charge in [-0.15, -0.1) is 12.4 Å². The summed E-state index contributed by atoms with van der Waals surface area (Å²) in [4.78, 5) is 13.4. The molecule has 0 spiro atoms. The van der Waals surface area contributed by atoms with Crippen LogP contribution in [-0.2, 0) is 9.53 Å². The molecule has 4 nitrogen and oxygen atoms in total. The first kappa shape index (κ1) is 13.7. The van der Waals surface area contributed by atoms with Crippen molar-refractivity contribution >= 4 is 18.3 Å². The van der Waals surface area contributed by atoms with E-state index in [0.29, 0.717) is 32.7 Å². The fourth-order valence-electron chi connectivity index (χ4n) is 1.31. The normalized spacial score (nSPS) is 17.5. The minimum Gasteiger partial charge on any atom is -0.378 e. The largest absolute Gasteiger partial charge is 0.378 e. The quantitative estimate of drug-likeness (QED) is 0.736. The number of morpholine rings is 1. The Morgan fingerprint density at radius 3 is 2.36 bits per heavy atom. The first-order valence-corrected chi connectivity index (χ1v) is 4.63. The first-order valence-electron chi connectivity index (χ1n) is 4.63. The smallest absolute Gasteiger partial charge is 0.224 e. The molecule has 2 N–H and O–H groups in total. The Kier molecular flexibility index (Phi) is 5.41. The van der Waals surface area contributed by atoms with Crippen LogP contribution in [0.3, 0.4) is 0 Å². The Balaban J connectivity index is 0.00000169. The van der Waals surface area contributed by atoms with Gasteiger partial charge in [-0.25, -0.2) is 0 Å². The highest BCUT2D eigenvalue weighted by Crippen LogP contribution is 2.08. The summed E-state index contributed by atoms with van der Waals surface area (Å²) >= 11 is 0. The van der Waals surface area contributed by atoms with Crippen LogP contribution < -0.4 is 5.73 Å². The van der Waals surface area contributed by atoms with E-state index in [9.17, 15) is 4.79 Å². The monoisotopic (exact) mass is 222 g/mol. The second-order valence-electron chi connectivity index (χ2n) is 4.16. The van der Waals surface area contributed by atoms with Crippen molar-refractivity contribution in [1.82, 2.24) is 4.90 Å². The van der Waals surface area contributed by atoms with Crippen LogP contribution in [0.25, 0.3) is 0 Å². The zero-order valence-corrected chi connectivity index (χ0v) is 9.60. The fraction of sp³-hybridized carbons (Fsp3) is 0.889. The van der Waals surface area contributed by atoms with E-state index in [4.69, 9.17) is 10.5 Å². The lowest BCUT2D eigenvalue weighted by molar-refractivity contribution is -0.136. The average molecular weight is 223 g/mol. The number of ether oxygens (including phenoxy) is 1. The highest BCUT2D eigenvalue weighted by atomic mass is 35.5. The third kappa shape index (κ3) is 4.79. The Morgan fingerprint density at radius 1 is 1.43 bits per heavy atom. The molecule has 0 unspecified atom stereocenters. The van der Waals surface area contributed by atoms with Gasteiger partial charge in [0.1, 0.15) is 0 Å². The standard InChI is InChI=1S/C9H18N2O2.ClH/c1-9(2,10)7-8(12)11-3-5-13-6-4-11;/h3-7,10H2,1-2H3;1H.